The lowest BCUT2D eigenvalue weighted by atomic mass is 10.1. The minimum atomic E-state index is 0.428. The molecule has 0 aliphatic carbocycles. The molecule has 2 N–H and O–H groups in total. The fourth-order valence-corrected chi connectivity index (χ4v) is 2.30. The number of nitrogens with zero attached hydrogens (tertiary/aromatic N) is 1. The predicted octanol–water partition coefficient (Wildman–Crippen LogP) is 2.19. The number of rotatable bonds is 2. The zero-order chi connectivity index (χ0) is 11.5. The van der Waals surface area contributed by atoms with Crippen LogP contribution in [0.15, 0.2) is 18.2 Å². The van der Waals surface area contributed by atoms with Crippen molar-refractivity contribution in [3.8, 4) is 0 Å². The van der Waals surface area contributed by atoms with Gasteiger partial charge in [0.15, 0.2) is 0 Å². The number of hydrogen-bond acceptors (Lipinski definition) is 3. The molecule has 3 nitrogen and oxygen atoms in total. The molecule has 2 rings (SSSR count). The molecule has 0 radical (unpaired) electrons. The van der Waals surface area contributed by atoms with Gasteiger partial charge in [0.25, 0.3) is 0 Å². The minimum Gasteiger partial charge on any atom is -0.399 e. The van der Waals surface area contributed by atoms with Gasteiger partial charge in [-0.05, 0) is 37.5 Å². The zero-order valence-corrected chi connectivity index (χ0v) is 10.1. The summed E-state index contributed by atoms with van der Waals surface area (Å²) in [5.74, 6) is 0. The molecule has 88 valence electrons. The Morgan fingerprint density at radius 2 is 2.00 bits per heavy atom. The van der Waals surface area contributed by atoms with Crippen LogP contribution >= 0.6 is 0 Å². The average Bonchev–Trinajstić information content (AvgIpc) is 2.32. The zero-order valence-electron chi connectivity index (χ0n) is 10.1. The van der Waals surface area contributed by atoms with E-state index in [1.165, 1.54) is 11.3 Å². The number of hydrogen-bond donors (Lipinski definition) is 1. The van der Waals surface area contributed by atoms with E-state index < -0.39 is 0 Å². The van der Waals surface area contributed by atoms with Crippen molar-refractivity contribution < 1.29 is 4.74 Å². The maximum atomic E-state index is 5.84. The van der Waals surface area contributed by atoms with E-state index in [2.05, 4.69) is 24.0 Å². The Hall–Kier alpha value is -1.22. The highest BCUT2D eigenvalue weighted by Gasteiger charge is 2.19. The third kappa shape index (κ3) is 2.30. The van der Waals surface area contributed by atoms with Crippen LogP contribution in [0.2, 0.25) is 0 Å². The summed E-state index contributed by atoms with van der Waals surface area (Å²) in [6.07, 6.45) is 2.63. The van der Waals surface area contributed by atoms with Crippen LogP contribution in [0.25, 0.3) is 0 Å². The Labute approximate surface area is 97.2 Å². The van der Waals surface area contributed by atoms with E-state index in [-0.39, 0.29) is 0 Å². The topological polar surface area (TPSA) is 38.5 Å². The van der Waals surface area contributed by atoms with Gasteiger partial charge in [0.1, 0.15) is 0 Å². The van der Waals surface area contributed by atoms with Gasteiger partial charge >= 0.3 is 0 Å². The first-order chi connectivity index (χ1) is 7.70. The van der Waals surface area contributed by atoms with Crippen molar-refractivity contribution in [2.45, 2.75) is 25.9 Å². The fraction of sp³-hybridized carbons (Fsp3) is 0.538. The smallest absolute Gasteiger partial charge is 0.0605 e. The number of anilines is 2. The first-order valence-corrected chi connectivity index (χ1v) is 5.84. The van der Waals surface area contributed by atoms with E-state index in [0.717, 1.165) is 31.6 Å². The standard InChI is InChI=1S/C13H20N2O/c1-10-3-4-11(14)9-13(10)15-7-5-12(16-2)6-8-15/h3-4,9,12H,5-8,14H2,1-2H3. The van der Waals surface area contributed by atoms with Gasteiger partial charge in [-0.3, -0.25) is 0 Å². The van der Waals surface area contributed by atoms with Crippen molar-refractivity contribution in [1.29, 1.82) is 0 Å². The molecule has 1 aromatic rings. The lowest BCUT2D eigenvalue weighted by Gasteiger charge is -2.34. The van der Waals surface area contributed by atoms with E-state index in [1.807, 2.05) is 6.07 Å². The molecule has 1 fully saturated rings. The van der Waals surface area contributed by atoms with E-state index in [0.29, 0.717) is 6.10 Å². The normalized spacial score (nSPS) is 17.8. The summed E-state index contributed by atoms with van der Waals surface area (Å²) < 4.78 is 5.38. The monoisotopic (exact) mass is 220 g/mol. The Morgan fingerprint density at radius 3 is 2.62 bits per heavy atom. The fourth-order valence-electron chi connectivity index (χ4n) is 2.30. The second-order valence-corrected chi connectivity index (χ2v) is 4.47. The number of nitrogen functional groups attached to an aromatic ring is 1. The first kappa shape index (κ1) is 11.3. The molecule has 3 heteroatoms. The predicted molar refractivity (Wildman–Crippen MR) is 67.8 cm³/mol. The highest BCUT2D eigenvalue weighted by Crippen LogP contribution is 2.26. The van der Waals surface area contributed by atoms with E-state index in [9.17, 15) is 0 Å². The van der Waals surface area contributed by atoms with Crippen molar-refractivity contribution in [3.05, 3.63) is 23.8 Å². The summed E-state index contributed by atoms with van der Waals surface area (Å²) >= 11 is 0. The summed E-state index contributed by atoms with van der Waals surface area (Å²) in [5, 5.41) is 0. The van der Waals surface area contributed by atoms with Gasteiger partial charge in [-0.2, -0.15) is 0 Å². The van der Waals surface area contributed by atoms with Crippen LogP contribution in [0.3, 0.4) is 0 Å². The Kier molecular flexibility index (Phi) is 3.34. The van der Waals surface area contributed by atoms with Crippen LogP contribution in [0, 0.1) is 6.92 Å². The van der Waals surface area contributed by atoms with E-state index in [4.69, 9.17) is 10.5 Å². The molecule has 0 amide bonds. The van der Waals surface area contributed by atoms with Gasteiger partial charge in [0.2, 0.25) is 0 Å². The van der Waals surface area contributed by atoms with E-state index in [1.54, 1.807) is 7.11 Å². The van der Waals surface area contributed by atoms with Crippen molar-refractivity contribution >= 4 is 11.4 Å². The summed E-state index contributed by atoms with van der Waals surface area (Å²) in [7, 11) is 1.80. The summed E-state index contributed by atoms with van der Waals surface area (Å²) in [4.78, 5) is 2.40. The summed E-state index contributed by atoms with van der Waals surface area (Å²) in [6, 6.07) is 6.12. The average molecular weight is 220 g/mol. The van der Waals surface area contributed by atoms with Gasteiger partial charge < -0.3 is 15.4 Å². The van der Waals surface area contributed by atoms with Crippen LogP contribution in [-0.4, -0.2) is 26.3 Å². The molecular formula is C13H20N2O. The molecule has 0 atom stereocenters. The molecule has 16 heavy (non-hydrogen) atoms. The van der Waals surface area contributed by atoms with E-state index >= 15 is 0 Å². The van der Waals surface area contributed by atoms with Crippen LogP contribution in [0.1, 0.15) is 18.4 Å². The molecular weight excluding hydrogens is 200 g/mol. The second-order valence-electron chi connectivity index (χ2n) is 4.47. The van der Waals surface area contributed by atoms with Gasteiger partial charge in [-0.1, -0.05) is 6.07 Å². The summed E-state index contributed by atoms with van der Waals surface area (Å²) in [6.45, 7) is 4.25. The Balaban J connectivity index is 2.10. The Morgan fingerprint density at radius 1 is 1.31 bits per heavy atom. The number of nitrogens with two attached hydrogens (primary N) is 1. The molecule has 1 aromatic carbocycles. The van der Waals surface area contributed by atoms with Gasteiger partial charge in [-0.15, -0.1) is 0 Å². The largest absolute Gasteiger partial charge is 0.399 e. The molecule has 0 unspecified atom stereocenters. The quantitative estimate of drug-likeness (QED) is 0.776. The number of aryl methyl sites for hydroxylation is 1. The highest BCUT2D eigenvalue weighted by atomic mass is 16.5. The third-order valence-corrected chi connectivity index (χ3v) is 3.35. The van der Waals surface area contributed by atoms with Crippen LogP contribution in [-0.2, 0) is 4.74 Å². The molecule has 0 aromatic heterocycles. The van der Waals surface area contributed by atoms with Crippen LogP contribution in [0.4, 0.5) is 11.4 Å². The molecule has 1 heterocycles. The van der Waals surface area contributed by atoms with Crippen molar-refractivity contribution in [2.24, 2.45) is 0 Å². The van der Waals surface area contributed by atoms with Gasteiger partial charge in [-0.25, -0.2) is 0 Å². The number of benzene rings is 1. The van der Waals surface area contributed by atoms with Crippen molar-refractivity contribution in [2.75, 3.05) is 30.8 Å². The third-order valence-electron chi connectivity index (χ3n) is 3.35. The van der Waals surface area contributed by atoms with Gasteiger partial charge in [0, 0.05) is 31.6 Å². The lowest BCUT2D eigenvalue weighted by Crippen LogP contribution is -2.37. The summed E-state index contributed by atoms with van der Waals surface area (Å²) in [5.41, 5.74) is 9.25. The maximum Gasteiger partial charge on any atom is 0.0605 e. The number of piperidine rings is 1. The molecule has 1 saturated heterocycles. The Bertz CT molecular complexity index is 357. The number of ether oxygens (including phenoxy) is 1. The minimum absolute atomic E-state index is 0.428. The highest BCUT2D eigenvalue weighted by molar-refractivity contribution is 5.61. The van der Waals surface area contributed by atoms with Crippen molar-refractivity contribution in [3.63, 3.8) is 0 Å². The lowest BCUT2D eigenvalue weighted by molar-refractivity contribution is 0.0819. The second kappa shape index (κ2) is 4.74. The molecule has 1 aliphatic rings. The molecule has 0 saturated carbocycles. The van der Waals surface area contributed by atoms with Crippen LogP contribution in [0.5, 0.6) is 0 Å². The van der Waals surface area contributed by atoms with Crippen molar-refractivity contribution in [1.82, 2.24) is 0 Å². The van der Waals surface area contributed by atoms with Gasteiger partial charge in [0.05, 0.1) is 6.10 Å². The maximum absolute atomic E-state index is 5.84. The van der Waals surface area contributed by atoms with Crippen LogP contribution < -0.4 is 10.6 Å². The number of methoxy groups -OCH3 is 1. The molecule has 1 aliphatic heterocycles. The SMILES string of the molecule is COC1CCN(c2cc(N)ccc2C)CC1. The molecule has 0 bridgehead atoms. The molecule has 0 spiro atoms. The first-order valence-electron chi connectivity index (χ1n) is 5.84.